The molecule has 0 atom stereocenters. The van der Waals surface area contributed by atoms with Gasteiger partial charge in [-0.15, -0.1) is 0 Å². The molecule has 2 aromatic heterocycles. The third-order valence-electron chi connectivity index (χ3n) is 2.95. The van der Waals surface area contributed by atoms with Crippen LogP contribution >= 0.6 is 0 Å². The molecule has 3 rings (SSSR count). The van der Waals surface area contributed by atoms with Gasteiger partial charge in [0.1, 0.15) is 0 Å². The van der Waals surface area contributed by atoms with Gasteiger partial charge in [-0.3, -0.25) is 4.98 Å². The Morgan fingerprint density at radius 3 is 2.65 bits per heavy atom. The van der Waals surface area contributed by atoms with E-state index < -0.39 is 0 Å². The largest absolute Gasteiger partial charge is 0.388 e. The maximum absolute atomic E-state index is 5.29. The molecule has 5 nitrogen and oxygen atoms in total. The monoisotopic (exact) mass is 266 g/mol. The van der Waals surface area contributed by atoms with E-state index in [2.05, 4.69) is 20.4 Å². The normalized spacial score (nSPS) is 10.4. The van der Waals surface area contributed by atoms with E-state index in [-0.39, 0.29) is 0 Å². The van der Waals surface area contributed by atoms with Crippen molar-refractivity contribution in [3.63, 3.8) is 0 Å². The number of aromatic nitrogens is 3. The van der Waals surface area contributed by atoms with Crippen LogP contribution in [0.5, 0.6) is 0 Å². The SMILES string of the molecule is CNc1ccc(-c2nc(Cc3ccccn3)no2)cc1. The molecule has 0 saturated heterocycles. The average Bonchev–Trinajstić information content (AvgIpc) is 2.97. The first-order valence-corrected chi connectivity index (χ1v) is 6.36. The van der Waals surface area contributed by atoms with E-state index in [9.17, 15) is 0 Å². The van der Waals surface area contributed by atoms with Crippen molar-refractivity contribution in [2.24, 2.45) is 0 Å². The Hall–Kier alpha value is -2.69. The van der Waals surface area contributed by atoms with Crippen molar-refractivity contribution in [1.29, 1.82) is 0 Å². The zero-order chi connectivity index (χ0) is 13.8. The molecular formula is C15H14N4O. The van der Waals surface area contributed by atoms with E-state index in [1.54, 1.807) is 6.20 Å². The van der Waals surface area contributed by atoms with Crippen molar-refractivity contribution >= 4 is 5.69 Å². The van der Waals surface area contributed by atoms with Gasteiger partial charge in [-0.25, -0.2) is 0 Å². The smallest absolute Gasteiger partial charge is 0.257 e. The van der Waals surface area contributed by atoms with Crippen molar-refractivity contribution in [2.75, 3.05) is 12.4 Å². The van der Waals surface area contributed by atoms with E-state index >= 15 is 0 Å². The summed E-state index contributed by atoms with van der Waals surface area (Å²) in [6, 6.07) is 13.6. The molecule has 1 aromatic carbocycles. The van der Waals surface area contributed by atoms with Gasteiger partial charge in [-0.1, -0.05) is 11.2 Å². The van der Waals surface area contributed by atoms with Crippen LogP contribution in [0.1, 0.15) is 11.5 Å². The fraction of sp³-hybridized carbons (Fsp3) is 0.133. The maximum Gasteiger partial charge on any atom is 0.257 e. The summed E-state index contributed by atoms with van der Waals surface area (Å²) in [4.78, 5) is 8.64. The number of benzene rings is 1. The lowest BCUT2D eigenvalue weighted by Crippen LogP contribution is -1.93. The second-order valence-electron chi connectivity index (χ2n) is 4.34. The average molecular weight is 266 g/mol. The minimum Gasteiger partial charge on any atom is -0.388 e. The second kappa shape index (κ2) is 5.52. The molecule has 5 heteroatoms. The summed E-state index contributed by atoms with van der Waals surface area (Å²) in [7, 11) is 1.88. The molecule has 0 fully saturated rings. The summed E-state index contributed by atoms with van der Waals surface area (Å²) >= 11 is 0. The van der Waals surface area contributed by atoms with Gasteiger partial charge in [-0.05, 0) is 36.4 Å². The summed E-state index contributed by atoms with van der Waals surface area (Å²) in [6.07, 6.45) is 2.33. The standard InChI is InChI=1S/C15H14N4O/c1-16-12-7-5-11(6-8-12)15-18-14(19-20-15)10-13-4-2-3-9-17-13/h2-9,16H,10H2,1H3. The van der Waals surface area contributed by atoms with Crippen LogP contribution in [-0.2, 0) is 6.42 Å². The molecule has 2 heterocycles. The summed E-state index contributed by atoms with van der Waals surface area (Å²) in [5, 5.41) is 7.06. The molecular weight excluding hydrogens is 252 g/mol. The summed E-state index contributed by atoms with van der Waals surface area (Å²) < 4.78 is 5.29. The molecule has 0 bridgehead atoms. The van der Waals surface area contributed by atoms with Gasteiger partial charge >= 0.3 is 0 Å². The Labute approximate surface area is 116 Å². The number of nitrogens with zero attached hydrogens (tertiary/aromatic N) is 3. The highest BCUT2D eigenvalue weighted by atomic mass is 16.5. The highest BCUT2D eigenvalue weighted by Gasteiger charge is 2.09. The molecule has 0 saturated carbocycles. The fourth-order valence-corrected chi connectivity index (χ4v) is 1.89. The summed E-state index contributed by atoms with van der Waals surface area (Å²) in [5.74, 6) is 1.16. The quantitative estimate of drug-likeness (QED) is 0.786. The van der Waals surface area contributed by atoms with E-state index in [0.29, 0.717) is 18.1 Å². The lowest BCUT2D eigenvalue weighted by atomic mass is 10.2. The van der Waals surface area contributed by atoms with Crippen molar-refractivity contribution in [3.8, 4) is 11.5 Å². The van der Waals surface area contributed by atoms with Crippen molar-refractivity contribution < 1.29 is 4.52 Å². The minimum absolute atomic E-state index is 0.526. The van der Waals surface area contributed by atoms with Crippen LogP contribution in [0.4, 0.5) is 5.69 Å². The van der Waals surface area contributed by atoms with Crippen LogP contribution in [0.25, 0.3) is 11.5 Å². The van der Waals surface area contributed by atoms with Crippen LogP contribution in [0, 0.1) is 0 Å². The van der Waals surface area contributed by atoms with Crippen LogP contribution in [0.2, 0.25) is 0 Å². The van der Waals surface area contributed by atoms with Crippen LogP contribution in [0.15, 0.2) is 53.2 Å². The summed E-state index contributed by atoms with van der Waals surface area (Å²) in [6.45, 7) is 0. The highest BCUT2D eigenvalue weighted by Crippen LogP contribution is 2.20. The molecule has 0 amide bonds. The maximum atomic E-state index is 5.29. The Morgan fingerprint density at radius 2 is 1.95 bits per heavy atom. The van der Waals surface area contributed by atoms with Crippen molar-refractivity contribution in [3.05, 3.63) is 60.2 Å². The molecule has 3 aromatic rings. The van der Waals surface area contributed by atoms with Crippen LogP contribution < -0.4 is 5.32 Å². The van der Waals surface area contributed by atoms with Crippen LogP contribution in [-0.4, -0.2) is 22.2 Å². The van der Waals surface area contributed by atoms with E-state index in [1.807, 2.05) is 49.5 Å². The van der Waals surface area contributed by atoms with Gasteiger partial charge < -0.3 is 9.84 Å². The Balaban J connectivity index is 1.79. The number of hydrogen-bond acceptors (Lipinski definition) is 5. The van der Waals surface area contributed by atoms with Gasteiger partial charge in [0.2, 0.25) is 0 Å². The molecule has 0 unspecified atom stereocenters. The molecule has 100 valence electrons. The molecule has 1 N–H and O–H groups in total. The van der Waals surface area contributed by atoms with Gasteiger partial charge in [0.15, 0.2) is 5.82 Å². The first-order chi connectivity index (χ1) is 9.85. The number of rotatable bonds is 4. The van der Waals surface area contributed by atoms with Crippen molar-refractivity contribution in [2.45, 2.75) is 6.42 Å². The number of anilines is 1. The Bertz CT molecular complexity index is 677. The number of pyridine rings is 1. The van der Waals surface area contributed by atoms with Gasteiger partial charge in [0.05, 0.1) is 6.42 Å². The van der Waals surface area contributed by atoms with Crippen LogP contribution in [0.3, 0.4) is 0 Å². The zero-order valence-corrected chi connectivity index (χ0v) is 11.1. The zero-order valence-electron chi connectivity index (χ0n) is 11.1. The fourth-order valence-electron chi connectivity index (χ4n) is 1.89. The predicted molar refractivity (Wildman–Crippen MR) is 76.3 cm³/mol. The number of nitrogens with one attached hydrogen (secondary N) is 1. The third kappa shape index (κ3) is 2.66. The minimum atomic E-state index is 0.526. The second-order valence-corrected chi connectivity index (χ2v) is 4.34. The Morgan fingerprint density at radius 1 is 1.10 bits per heavy atom. The lowest BCUT2D eigenvalue weighted by Gasteiger charge is -1.99. The highest BCUT2D eigenvalue weighted by molar-refractivity contribution is 5.58. The topological polar surface area (TPSA) is 63.8 Å². The van der Waals surface area contributed by atoms with Gasteiger partial charge in [0, 0.05) is 30.2 Å². The first kappa shape index (κ1) is 12.3. The Kier molecular flexibility index (Phi) is 3.41. The summed E-state index contributed by atoms with van der Waals surface area (Å²) in [5.41, 5.74) is 2.87. The molecule has 0 aliphatic rings. The van der Waals surface area contributed by atoms with E-state index in [1.165, 1.54) is 0 Å². The molecule has 0 aliphatic carbocycles. The molecule has 20 heavy (non-hydrogen) atoms. The molecule has 0 radical (unpaired) electrons. The molecule has 0 aliphatic heterocycles. The third-order valence-corrected chi connectivity index (χ3v) is 2.95. The van der Waals surface area contributed by atoms with Crippen molar-refractivity contribution in [1.82, 2.24) is 15.1 Å². The van der Waals surface area contributed by atoms with Gasteiger partial charge in [0.25, 0.3) is 5.89 Å². The lowest BCUT2D eigenvalue weighted by molar-refractivity contribution is 0.423. The molecule has 0 spiro atoms. The number of hydrogen-bond donors (Lipinski definition) is 1. The van der Waals surface area contributed by atoms with E-state index in [4.69, 9.17) is 4.52 Å². The van der Waals surface area contributed by atoms with E-state index in [0.717, 1.165) is 16.9 Å². The first-order valence-electron chi connectivity index (χ1n) is 6.36. The predicted octanol–water partition coefficient (Wildman–Crippen LogP) is 2.76. The van der Waals surface area contributed by atoms with Gasteiger partial charge in [-0.2, -0.15) is 4.98 Å².